The van der Waals surface area contributed by atoms with E-state index in [1.54, 1.807) is 0 Å². The molecule has 48 heavy (non-hydrogen) atoms. The first kappa shape index (κ1) is 46.6. The number of allylic oxidation sites excluding steroid dienone is 6. The van der Waals surface area contributed by atoms with Crippen molar-refractivity contribution in [3.05, 3.63) is 36.5 Å². The van der Waals surface area contributed by atoms with Crippen LogP contribution in [0.15, 0.2) is 36.5 Å². The lowest BCUT2D eigenvalue weighted by Crippen LogP contribution is -2.47. The normalized spacial score (nSPS) is 13.7. The van der Waals surface area contributed by atoms with Gasteiger partial charge >= 0.3 is 0 Å². The van der Waals surface area contributed by atoms with Crippen molar-refractivity contribution in [2.24, 2.45) is 0 Å². The molecule has 2 unspecified atom stereocenters. The van der Waals surface area contributed by atoms with Crippen LogP contribution in [0.5, 0.6) is 0 Å². The molecular weight excluding hydrogens is 619 g/mol. The molecule has 282 valence electrons. The van der Waals surface area contributed by atoms with Crippen LogP contribution >= 0.6 is 0 Å². The van der Waals surface area contributed by atoms with E-state index in [0.29, 0.717) is 12.8 Å². The molecule has 0 fully saturated rings. The molecule has 0 radical (unpaired) electrons. The summed E-state index contributed by atoms with van der Waals surface area (Å²) in [5.74, 6) is -0.917. The largest absolute Gasteiger partial charge is 0.391 e. The van der Waals surface area contributed by atoms with Gasteiger partial charge in [0.1, 0.15) is 0 Å². The predicted octanol–water partition coefficient (Wildman–Crippen LogP) is 11.7. The fourth-order valence-electron chi connectivity index (χ4n) is 6.12. The highest BCUT2D eigenvalue weighted by Crippen LogP contribution is 2.16. The number of hydrogen-bond donors (Lipinski definition) is 3. The predicted molar refractivity (Wildman–Crippen MR) is 207 cm³/mol. The highest BCUT2D eigenvalue weighted by molar-refractivity contribution is 7.85. The second-order valence-electron chi connectivity index (χ2n) is 13.9. The molecular formula is C41H77NO5S. The van der Waals surface area contributed by atoms with Crippen LogP contribution in [0.4, 0.5) is 0 Å². The van der Waals surface area contributed by atoms with Gasteiger partial charge in [0, 0.05) is 6.42 Å². The van der Waals surface area contributed by atoms with Gasteiger partial charge in [-0.15, -0.1) is 0 Å². The zero-order valence-electron chi connectivity index (χ0n) is 31.4. The zero-order valence-corrected chi connectivity index (χ0v) is 32.2. The number of aliphatic hydroxyl groups excluding tert-OH is 1. The standard InChI is InChI=1S/C41H77NO5S/c1-3-5-7-9-11-13-15-17-19-20-21-23-24-26-28-30-32-34-36-40(43)39(38-48(45,46)47)42-41(44)37-35-33-31-29-27-25-22-18-16-14-12-10-8-6-4-2/h6,8,12,14,18,22,39-40,43H,3-5,7,9-11,13,15-17,19-21,23-38H2,1-2H3,(H,42,44)(H,45,46,47)/b8-6-,14-12-,22-18-. The average molecular weight is 696 g/mol. The van der Waals surface area contributed by atoms with Crippen molar-refractivity contribution in [1.29, 1.82) is 0 Å². The molecule has 3 N–H and O–H groups in total. The second kappa shape index (κ2) is 35.4. The molecule has 7 heteroatoms. The number of carbonyl (C=O) groups is 1. The Balaban J connectivity index is 3.89. The summed E-state index contributed by atoms with van der Waals surface area (Å²) >= 11 is 0. The van der Waals surface area contributed by atoms with Crippen molar-refractivity contribution in [1.82, 2.24) is 5.32 Å². The van der Waals surface area contributed by atoms with E-state index in [4.69, 9.17) is 0 Å². The van der Waals surface area contributed by atoms with E-state index in [9.17, 15) is 22.9 Å². The van der Waals surface area contributed by atoms with Gasteiger partial charge in [-0.1, -0.05) is 185 Å². The minimum Gasteiger partial charge on any atom is -0.391 e. The van der Waals surface area contributed by atoms with Gasteiger partial charge in [0.05, 0.1) is 17.9 Å². The van der Waals surface area contributed by atoms with Crippen molar-refractivity contribution >= 4 is 16.0 Å². The lowest BCUT2D eigenvalue weighted by atomic mass is 10.0. The smallest absolute Gasteiger partial charge is 0.266 e. The van der Waals surface area contributed by atoms with Crippen molar-refractivity contribution in [3.8, 4) is 0 Å². The Hall–Kier alpha value is -1.44. The maximum Gasteiger partial charge on any atom is 0.266 e. The van der Waals surface area contributed by atoms with Crippen molar-refractivity contribution in [2.75, 3.05) is 5.75 Å². The Kier molecular flexibility index (Phi) is 34.3. The van der Waals surface area contributed by atoms with Crippen LogP contribution in [-0.4, -0.2) is 41.9 Å². The number of aliphatic hydroxyl groups is 1. The van der Waals surface area contributed by atoms with E-state index in [1.165, 1.54) is 96.3 Å². The average Bonchev–Trinajstić information content (AvgIpc) is 3.05. The monoisotopic (exact) mass is 696 g/mol. The molecule has 0 heterocycles. The first-order valence-corrected chi connectivity index (χ1v) is 21.8. The van der Waals surface area contributed by atoms with Crippen LogP contribution in [0.3, 0.4) is 0 Å². The summed E-state index contributed by atoms with van der Waals surface area (Å²) in [6.07, 6.45) is 45.2. The van der Waals surface area contributed by atoms with Crippen molar-refractivity contribution in [2.45, 2.75) is 212 Å². The van der Waals surface area contributed by atoms with Gasteiger partial charge in [0.25, 0.3) is 10.1 Å². The molecule has 0 rings (SSSR count). The van der Waals surface area contributed by atoms with Crippen LogP contribution < -0.4 is 5.32 Å². The van der Waals surface area contributed by atoms with Gasteiger partial charge < -0.3 is 10.4 Å². The summed E-state index contributed by atoms with van der Waals surface area (Å²) in [4.78, 5) is 12.5. The van der Waals surface area contributed by atoms with Gasteiger partial charge in [-0.3, -0.25) is 9.35 Å². The third-order valence-electron chi connectivity index (χ3n) is 9.11. The molecule has 0 aliphatic rings. The van der Waals surface area contributed by atoms with Crippen molar-refractivity contribution < 1.29 is 22.9 Å². The maximum atomic E-state index is 12.5. The number of amides is 1. The minimum absolute atomic E-state index is 0.262. The second-order valence-corrected chi connectivity index (χ2v) is 15.4. The topological polar surface area (TPSA) is 104 Å². The van der Waals surface area contributed by atoms with Crippen LogP contribution in [0.2, 0.25) is 0 Å². The highest BCUT2D eigenvalue weighted by Gasteiger charge is 2.26. The van der Waals surface area contributed by atoms with Crippen LogP contribution in [0, 0.1) is 0 Å². The Morgan fingerprint density at radius 1 is 0.583 bits per heavy atom. The lowest BCUT2D eigenvalue weighted by Gasteiger charge is -2.23. The fourth-order valence-corrected chi connectivity index (χ4v) is 6.88. The lowest BCUT2D eigenvalue weighted by molar-refractivity contribution is -0.122. The van der Waals surface area contributed by atoms with Crippen molar-refractivity contribution in [3.63, 3.8) is 0 Å². The highest BCUT2D eigenvalue weighted by atomic mass is 32.2. The SMILES string of the molecule is CC/C=C\C/C=C\C/C=C\CCCCCCCC(=O)NC(CS(=O)(=O)O)C(O)CCCCCCCCCCCCCCCCCCCC. The first-order valence-electron chi connectivity index (χ1n) is 20.2. The van der Waals surface area contributed by atoms with E-state index in [2.05, 4.69) is 55.6 Å². The molecule has 0 saturated heterocycles. The molecule has 0 aromatic rings. The first-order chi connectivity index (χ1) is 23.3. The number of hydrogen-bond acceptors (Lipinski definition) is 4. The Bertz CT molecular complexity index is 899. The van der Waals surface area contributed by atoms with Gasteiger partial charge in [0.2, 0.25) is 5.91 Å². The third kappa shape index (κ3) is 35.9. The number of carbonyl (C=O) groups excluding carboxylic acids is 1. The Morgan fingerprint density at radius 2 is 1.00 bits per heavy atom. The molecule has 2 atom stereocenters. The van der Waals surface area contributed by atoms with Gasteiger partial charge in [0.15, 0.2) is 0 Å². The van der Waals surface area contributed by atoms with E-state index in [-0.39, 0.29) is 5.91 Å². The van der Waals surface area contributed by atoms with E-state index in [0.717, 1.165) is 77.0 Å². The fraction of sp³-hybridized carbons (Fsp3) is 0.829. The number of rotatable bonds is 36. The van der Waals surface area contributed by atoms with Gasteiger partial charge in [-0.05, 0) is 44.9 Å². The summed E-state index contributed by atoms with van der Waals surface area (Å²) in [5, 5.41) is 13.3. The Morgan fingerprint density at radius 3 is 1.48 bits per heavy atom. The molecule has 0 spiro atoms. The minimum atomic E-state index is -4.31. The summed E-state index contributed by atoms with van der Waals surface area (Å²) < 4.78 is 32.5. The summed E-state index contributed by atoms with van der Waals surface area (Å²) in [7, 11) is -4.31. The molecule has 0 bridgehead atoms. The summed E-state index contributed by atoms with van der Waals surface area (Å²) in [6.45, 7) is 4.41. The molecule has 0 aliphatic heterocycles. The molecule has 0 saturated carbocycles. The zero-order chi connectivity index (χ0) is 35.4. The van der Waals surface area contributed by atoms with E-state index >= 15 is 0 Å². The Labute approximate surface area is 297 Å². The van der Waals surface area contributed by atoms with Crippen LogP contribution in [-0.2, 0) is 14.9 Å². The summed E-state index contributed by atoms with van der Waals surface area (Å²) in [5.41, 5.74) is 0. The third-order valence-corrected chi connectivity index (χ3v) is 9.89. The van der Waals surface area contributed by atoms with Gasteiger partial charge in [-0.25, -0.2) is 0 Å². The summed E-state index contributed by atoms with van der Waals surface area (Å²) in [6, 6.07) is -0.979. The van der Waals surface area contributed by atoms with Crippen LogP contribution in [0.1, 0.15) is 200 Å². The number of nitrogens with one attached hydrogen (secondary N) is 1. The number of unbranched alkanes of at least 4 members (excludes halogenated alkanes) is 22. The molecule has 0 aromatic carbocycles. The van der Waals surface area contributed by atoms with E-state index in [1.807, 2.05) is 0 Å². The molecule has 6 nitrogen and oxygen atoms in total. The molecule has 0 aromatic heterocycles. The van der Waals surface area contributed by atoms with E-state index < -0.39 is 28.0 Å². The van der Waals surface area contributed by atoms with Crippen LogP contribution in [0.25, 0.3) is 0 Å². The molecule has 0 aliphatic carbocycles. The quantitative estimate of drug-likeness (QED) is 0.0344. The van der Waals surface area contributed by atoms with Gasteiger partial charge in [-0.2, -0.15) is 8.42 Å². The maximum absolute atomic E-state index is 12.5. The molecule has 1 amide bonds.